The molecular formula is C24H36N2O3. The highest BCUT2D eigenvalue weighted by atomic mass is 16.5. The van der Waals surface area contributed by atoms with E-state index in [1.807, 2.05) is 6.92 Å². The summed E-state index contributed by atoms with van der Waals surface area (Å²) in [4.78, 5) is 11.6. The SMILES string of the molecule is CCOC(=O)NN=C(C)C1=CCC2C3CC=C4CC(O)CC[C@]4(C)C3CC[C@]12C. The molecular weight excluding hydrogens is 364 g/mol. The maximum atomic E-state index is 11.6. The molecule has 6 atom stereocenters. The summed E-state index contributed by atoms with van der Waals surface area (Å²) in [6, 6.07) is 0. The van der Waals surface area contributed by atoms with Gasteiger partial charge in [0, 0.05) is 0 Å². The van der Waals surface area contributed by atoms with Crippen LogP contribution in [0.2, 0.25) is 0 Å². The van der Waals surface area contributed by atoms with Crippen LogP contribution in [0.15, 0.2) is 28.4 Å². The van der Waals surface area contributed by atoms with E-state index in [-0.39, 0.29) is 16.9 Å². The number of nitrogens with zero attached hydrogens (tertiary/aromatic N) is 1. The van der Waals surface area contributed by atoms with E-state index in [0.29, 0.717) is 18.4 Å². The Morgan fingerprint density at radius 1 is 1.21 bits per heavy atom. The standard InChI is InChI=1S/C24H36N2O3/c1-5-29-22(28)26-25-15(2)19-8-9-20-18-7-6-16-14-17(27)10-12-23(16,3)21(18)11-13-24(19,20)4/h6,8,17-18,20-21,27H,5,7,9-14H2,1-4H3,(H,26,28)/t17?,18?,20?,21?,23-,24+/m0/s1. The summed E-state index contributed by atoms with van der Waals surface area (Å²) in [6.45, 7) is 9.00. The summed E-state index contributed by atoms with van der Waals surface area (Å²) in [5, 5.41) is 14.5. The molecule has 5 nitrogen and oxygen atoms in total. The van der Waals surface area contributed by atoms with E-state index in [0.717, 1.165) is 43.7 Å². The molecule has 0 radical (unpaired) electrons. The highest BCUT2D eigenvalue weighted by Gasteiger charge is 2.56. The fourth-order valence-corrected chi connectivity index (χ4v) is 7.12. The van der Waals surface area contributed by atoms with Gasteiger partial charge in [0.25, 0.3) is 0 Å². The fraction of sp³-hybridized carbons (Fsp3) is 0.750. The monoisotopic (exact) mass is 400 g/mol. The van der Waals surface area contributed by atoms with Gasteiger partial charge in [0.2, 0.25) is 0 Å². The number of allylic oxidation sites excluding steroid dienone is 3. The molecule has 0 spiro atoms. The first kappa shape index (κ1) is 20.6. The molecule has 0 saturated heterocycles. The highest BCUT2D eigenvalue weighted by Crippen LogP contribution is 2.65. The average molecular weight is 401 g/mol. The summed E-state index contributed by atoms with van der Waals surface area (Å²) in [6.07, 6.45) is 11.8. The third-order valence-electron chi connectivity index (χ3n) is 8.64. The molecule has 0 aliphatic heterocycles. The quantitative estimate of drug-likeness (QED) is 0.399. The fourth-order valence-electron chi connectivity index (χ4n) is 7.12. The molecule has 4 unspecified atom stereocenters. The highest BCUT2D eigenvalue weighted by molar-refractivity contribution is 6.00. The molecule has 0 aromatic carbocycles. The van der Waals surface area contributed by atoms with Crippen LogP contribution in [0.1, 0.15) is 72.6 Å². The topological polar surface area (TPSA) is 70.9 Å². The Morgan fingerprint density at radius 2 is 1.97 bits per heavy atom. The number of carbonyl (C=O) groups is 1. The number of amides is 1. The molecule has 5 heteroatoms. The van der Waals surface area contributed by atoms with Crippen molar-refractivity contribution in [3.63, 3.8) is 0 Å². The molecule has 2 fully saturated rings. The van der Waals surface area contributed by atoms with Crippen molar-refractivity contribution < 1.29 is 14.6 Å². The van der Waals surface area contributed by atoms with E-state index in [1.54, 1.807) is 6.92 Å². The van der Waals surface area contributed by atoms with Crippen molar-refractivity contribution in [3.05, 3.63) is 23.3 Å². The number of aliphatic hydroxyl groups is 1. The summed E-state index contributed by atoms with van der Waals surface area (Å²) in [7, 11) is 0. The van der Waals surface area contributed by atoms with E-state index in [4.69, 9.17) is 4.74 Å². The summed E-state index contributed by atoms with van der Waals surface area (Å²) < 4.78 is 4.93. The normalized spacial score (nSPS) is 41.5. The van der Waals surface area contributed by atoms with Crippen molar-refractivity contribution in [2.45, 2.75) is 78.7 Å². The van der Waals surface area contributed by atoms with Crippen molar-refractivity contribution >= 4 is 11.8 Å². The van der Waals surface area contributed by atoms with Gasteiger partial charge in [0.1, 0.15) is 0 Å². The van der Waals surface area contributed by atoms with Gasteiger partial charge in [0.15, 0.2) is 0 Å². The Labute approximate surface area is 174 Å². The molecule has 0 bridgehead atoms. The molecule has 4 aliphatic carbocycles. The first-order valence-electron chi connectivity index (χ1n) is 11.3. The zero-order valence-corrected chi connectivity index (χ0v) is 18.3. The number of carbonyl (C=O) groups excluding carboxylic acids is 1. The average Bonchev–Trinajstić information content (AvgIpc) is 3.04. The predicted molar refractivity (Wildman–Crippen MR) is 114 cm³/mol. The Morgan fingerprint density at radius 3 is 2.72 bits per heavy atom. The summed E-state index contributed by atoms with van der Waals surface area (Å²) in [5.41, 5.74) is 6.64. The minimum Gasteiger partial charge on any atom is -0.449 e. The predicted octanol–water partition coefficient (Wildman–Crippen LogP) is 4.97. The molecule has 4 rings (SSSR count). The van der Waals surface area contributed by atoms with E-state index >= 15 is 0 Å². The number of hydrazone groups is 1. The van der Waals surface area contributed by atoms with Crippen LogP contribution in [0, 0.1) is 28.6 Å². The maximum absolute atomic E-state index is 11.6. The minimum atomic E-state index is -0.492. The molecule has 29 heavy (non-hydrogen) atoms. The minimum absolute atomic E-state index is 0.126. The Balaban J connectivity index is 1.54. The van der Waals surface area contributed by atoms with Crippen LogP contribution in [0.25, 0.3) is 0 Å². The van der Waals surface area contributed by atoms with Crippen molar-refractivity contribution in [2.24, 2.45) is 33.7 Å². The second-order valence-corrected chi connectivity index (χ2v) is 10.00. The second kappa shape index (κ2) is 7.57. The van der Waals surface area contributed by atoms with Gasteiger partial charge in [-0.15, -0.1) is 0 Å². The molecule has 1 amide bonds. The van der Waals surface area contributed by atoms with Gasteiger partial charge >= 0.3 is 6.09 Å². The first-order valence-corrected chi connectivity index (χ1v) is 11.3. The molecule has 4 aliphatic rings. The van der Waals surface area contributed by atoms with E-state index in [9.17, 15) is 9.90 Å². The number of hydrogen-bond donors (Lipinski definition) is 2. The number of fused-ring (bicyclic) bond motifs is 5. The lowest BCUT2D eigenvalue weighted by molar-refractivity contribution is -0.0279. The zero-order valence-electron chi connectivity index (χ0n) is 18.3. The number of ether oxygens (including phenoxy) is 1. The van der Waals surface area contributed by atoms with Crippen molar-refractivity contribution in [2.75, 3.05) is 6.61 Å². The Hall–Kier alpha value is -1.62. The van der Waals surface area contributed by atoms with Gasteiger partial charge in [-0.25, -0.2) is 10.2 Å². The lowest BCUT2D eigenvalue weighted by Crippen LogP contribution is -2.50. The molecule has 2 saturated carbocycles. The van der Waals surface area contributed by atoms with Gasteiger partial charge in [-0.2, -0.15) is 5.10 Å². The molecule has 0 heterocycles. The van der Waals surface area contributed by atoms with Gasteiger partial charge in [-0.3, -0.25) is 0 Å². The number of aliphatic hydroxyl groups excluding tert-OH is 1. The van der Waals surface area contributed by atoms with Crippen LogP contribution < -0.4 is 5.43 Å². The molecule has 0 aromatic heterocycles. The van der Waals surface area contributed by atoms with Gasteiger partial charge in [0.05, 0.1) is 18.4 Å². The third-order valence-corrected chi connectivity index (χ3v) is 8.64. The van der Waals surface area contributed by atoms with Gasteiger partial charge in [-0.05, 0) is 93.0 Å². The molecule has 2 N–H and O–H groups in total. The van der Waals surface area contributed by atoms with Crippen LogP contribution in [-0.2, 0) is 4.74 Å². The van der Waals surface area contributed by atoms with Crippen LogP contribution in [0.3, 0.4) is 0 Å². The van der Waals surface area contributed by atoms with Crippen LogP contribution in [0.4, 0.5) is 4.79 Å². The number of nitrogens with one attached hydrogen (secondary N) is 1. The largest absolute Gasteiger partial charge is 0.449 e. The Bertz CT molecular complexity index is 770. The first-order chi connectivity index (χ1) is 13.8. The van der Waals surface area contributed by atoms with E-state index in [1.165, 1.54) is 24.0 Å². The summed E-state index contributed by atoms with van der Waals surface area (Å²) in [5.74, 6) is 2.04. The van der Waals surface area contributed by atoms with E-state index < -0.39 is 6.09 Å². The van der Waals surface area contributed by atoms with Crippen LogP contribution in [0.5, 0.6) is 0 Å². The van der Waals surface area contributed by atoms with Crippen molar-refractivity contribution in [3.8, 4) is 0 Å². The second-order valence-electron chi connectivity index (χ2n) is 10.00. The molecule has 160 valence electrons. The zero-order chi connectivity index (χ0) is 20.8. The summed E-state index contributed by atoms with van der Waals surface area (Å²) >= 11 is 0. The van der Waals surface area contributed by atoms with Gasteiger partial charge in [-0.1, -0.05) is 31.6 Å². The smallest absolute Gasteiger partial charge is 0.427 e. The maximum Gasteiger partial charge on any atom is 0.427 e. The van der Waals surface area contributed by atoms with Gasteiger partial charge < -0.3 is 9.84 Å². The number of hydrogen-bond acceptors (Lipinski definition) is 4. The Kier molecular flexibility index (Phi) is 5.39. The lowest BCUT2D eigenvalue weighted by Gasteiger charge is -2.57. The number of rotatable bonds is 3. The lowest BCUT2D eigenvalue weighted by atomic mass is 9.47. The van der Waals surface area contributed by atoms with Crippen molar-refractivity contribution in [1.29, 1.82) is 0 Å². The van der Waals surface area contributed by atoms with Crippen molar-refractivity contribution in [1.82, 2.24) is 5.43 Å². The third kappa shape index (κ3) is 3.35. The van der Waals surface area contributed by atoms with Crippen LogP contribution in [-0.4, -0.2) is 29.6 Å². The molecule has 0 aromatic rings. The van der Waals surface area contributed by atoms with E-state index in [2.05, 4.69) is 36.5 Å². The van der Waals surface area contributed by atoms with Crippen LogP contribution >= 0.6 is 0 Å².